The molecule has 0 aromatic heterocycles. The van der Waals surface area contributed by atoms with E-state index in [0.29, 0.717) is 21.4 Å². The zero-order valence-corrected chi connectivity index (χ0v) is 13.0. The zero-order valence-electron chi connectivity index (χ0n) is 9.78. The Morgan fingerprint density at radius 2 is 2.18 bits per heavy atom. The second-order valence-electron chi connectivity index (χ2n) is 3.96. The van der Waals surface area contributed by atoms with Crippen molar-refractivity contribution in [3.05, 3.63) is 28.2 Å². The Morgan fingerprint density at radius 1 is 1.53 bits per heavy atom. The molecule has 5 heteroatoms. The summed E-state index contributed by atoms with van der Waals surface area (Å²) in [6.07, 6.45) is 0.894. The Balaban J connectivity index is 2.71. The Hall–Kier alpha value is -0.550. The number of nitrogens with zero attached hydrogens (tertiary/aromatic N) is 1. The number of alkyl halides is 1. The van der Waals surface area contributed by atoms with Crippen molar-refractivity contribution in [2.75, 3.05) is 13.6 Å². The molecule has 0 spiro atoms. The minimum atomic E-state index is -0.0825. The Bertz CT molecular complexity index is 407. The molecular weight excluding hydrogens is 350 g/mol. The van der Waals surface area contributed by atoms with Crippen LogP contribution in [-0.2, 0) is 0 Å². The van der Waals surface area contributed by atoms with E-state index in [1.54, 1.807) is 24.1 Å². The van der Waals surface area contributed by atoms with Crippen LogP contribution in [0.25, 0.3) is 0 Å². The lowest BCUT2D eigenvalue weighted by Gasteiger charge is -2.18. The topological polar surface area (TPSA) is 40.5 Å². The van der Waals surface area contributed by atoms with E-state index in [0.717, 1.165) is 6.42 Å². The molecule has 1 unspecified atom stereocenters. The summed E-state index contributed by atoms with van der Waals surface area (Å²) in [7, 11) is 1.76. The monoisotopic (exact) mass is 363 g/mol. The smallest absolute Gasteiger partial charge is 0.253 e. The third-order valence-corrected chi connectivity index (χ3v) is 3.53. The third kappa shape index (κ3) is 4.32. The van der Waals surface area contributed by atoms with Crippen molar-refractivity contribution in [1.29, 1.82) is 0 Å². The van der Waals surface area contributed by atoms with Gasteiger partial charge in [0.2, 0.25) is 0 Å². The molecule has 0 bridgehead atoms. The van der Waals surface area contributed by atoms with Crippen LogP contribution < -0.4 is 0 Å². The zero-order chi connectivity index (χ0) is 13.0. The normalized spacial score (nSPS) is 12.2. The lowest BCUT2D eigenvalue weighted by Crippen LogP contribution is -2.28. The van der Waals surface area contributed by atoms with Gasteiger partial charge in [-0.2, -0.15) is 0 Å². The van der Waals surface area contributed by atoms with Crippen molar-refractivity contribution in [2.24, 2.45) is 0 Å². The number of halogens is 2. The van der Waals surface area contributed by atoms with Crippen LogP contribution in [0.15, 0.2) is 22.7 Å². The molecule has 0 aliphatic rings. The van der Waals surface area contributed by atoms with Crippen LogP contribution in [0, 0.1) is 0 Å². The second kappa shape index (κ2) is 6.40. The summed E-state index contributed by atoms with van der Waals surface area (Å²) in [5.74, 6) is -0.000871. The number of amides is 1. The molecule has 1 aromatic carbocycles. The molecule has 1 N–H and O–H groups in total. The lowest BCUT2D eigenvalue weighted by atomic mass is 10.2. The Kier molecular flexibility index (Phi) is 5.46. The van der Waals surface area contributed by atoms with Crippen LogP contribution in [0.5, 0.6) is 5.75 Å². The number of hydrogen-bond donors (Lipinski definition) is 1. The summed E-state index contributed by atoms with van der Waals surface area (Å²) < 4.78 is 0.589. The maximum Gasteiger partial charge on any atom is 0.253 e. The molecule has 0 aliphatic heterocycles. The Labute approximate surface area is 118 Å². The maximum absolute atomic E-state index is 12.0. The van der Waals surface area contributed by atoms with E-state index in [4.69, 9.17) is 0 Å². The van der Waals surface area contributed by atoms with E-state index in [-0.39, 0.29) is 11.7 Å². The van der Waals surface area contributed by atoms with Gasteiger partial charge in [0.1, 0.15) is 5.75 Å². The molecule has 0 heterocycles. The fourth-order valence-electron chi connectivity index (χ4n) is 1.34. The number of benzene rings is 1. The van der Waals surface area contributed by atoms with Crippen molar-refractivity contribution in [2.45, 2.75) is 18.2 Å². The molecule has 0 fully saturated rings. The van der Waals surface area contributed by atoms with Crippen LogP contribution >= 0.6 is 31.9 Å². The van der Waals surface area contributed by atoms with Crippen molar-refractivity contribution in [3.63, 3.8) is 0 Å². The summed E-state index contributed by atoms with van der Waals surface area (Å²) in [5.41, 5.74) is 0.496. The van der Waals surface area contributed by atoms with Gasteiger partial charge in [0, 0.05) is 24.0 Å². The number of phenolic OH excluding ortho intramolecular Hbond substituents is 1. The highest BCUT2D eigenvalue weighted by Crippen LogP contribution is 2.24. The van der Waals surface area contributed by atoms with Gasteiger partial charge in [-0.05, 0) is 40.5 Å². The first-order chi connectivity index (χ1) is 7.91. The van der Waals surface area contributed by atoms with E-state index in [1.807, 2.05) is 6.92 Å². The van der Waals surface area contributed by atoms with Crippen molar-refractivity contribution < 1.29 is 9.90 Å². The molecule has 0 radical (unpaired) electrons. The molecule has 17 heavy (non-hydrogen) atoms. The van der Waals surface area contributed by atoms with Crippen LogP contribution in [-0.4, -0.2) is 34.3 Å². The predicted molar refractivity (Wildman–Crippen MR) is 75.8 cm³/mol. The van der Waals surface area contributed by atoms with Gasteiger partial charge in [-0.1, -0.05) is 22.9 Å². The molecule has 1 rings (SSSR count). The average molecular weight is 365 g/mol. The van der Waals surface area contributed by atoms with Crippen molar-refractivity contribution >= 4 is 37.8 Å². The number of carbonyl (C=O) groups excluding carboxylic acids is 1. The highest BCUT2D eigenvalue weighted by molar-refractivity contribution is 9.10. The van der Waals surface area contributed by atoms with Gasteiger partial charge in [0.15, 0.2) is 0 Å². The maximum atomic E-state index is 12.0. The lowest BCUT2D eigenvalue weighted by molar-refractivity contribution is 0.0793. The van der Waals surface area contributed by atoms with Gasteiger partial charge in [-0.15, -0.1) is 0 Å². The predicted octanol–water partition coefficient (Wildman–Crippen LogP) is 3.40. The van der Waals surface area contributed by atoms with E-state index in [9.17, 15) is 9.90 Å². The number of rotatable bonds is 4. The molecule has 1 amide bonds. The molecule has 1 atom stereocenters. The van der Waals surface area contributed by atoms with Crippen LogP contribution in [0.2, 0.25) is 0 Å². The highest BCUT2D eigenvalue weighted by Gasteiger charge is 2.13. The van der Waals surface area contributed by atoms with Gasteiger partial charge in [0.25, 0.3) is 5.91 Å². The molecule has 0 saturated carbocycles. The largest absolute Gasteiger partial charge is 0.507 e. The molecular formula is C12H15Br2NO2. The quantitative estimate of drug-likeness (QED) is 0.832. The Morgan fingerprint density at radius 3 is 2.71 bits per heavy atom. The number of hydrogen-bond acceptors (Lipinski definition) is 2. The van der Waals surface area contributed by atoms with E-state index >= 15 is 0 Å². The minimum Gasteiger partial charge on any atom is -0.507 e. The number of carbonyl (C=O) groups is 1. The highest BCUT2D eigenvalue weighted by atomic mass is 79.9. The first-order valence-corrected chi connectivity index (χ1v) is 7.00. The van der Waals surface area contributed by atoms with Crippen molar-refractivity contribution in [3.8, 4) is 5.75 Å². The van der Waals surface area contributed by atoms with Gasteiger partial charge in [0.05, 0.1) is 4.47 Å². The fraction of sp³-hybridized carbons (Fsp3) is 0.417. The molecule has 94 valence electrons. The summed E-state index contributed by atoms with van der Waals surface area (Å²) in [4.78, 5) is 14.0. The first-order valence-electron chi connectivity index (χ1n) is 5.30. The van der Waals surface area contributed by atoms with Gasteiger partial charge in [-0.25, -0.2) is 0 Å². The summed E-state index contributed by atoms with van der Waals surface area (Å²) in [6.45, 7) is 2.73. The van der Waals surface area contributed by atoms with Crippen molar-refractivity contribution in [1.82, 2.24) is 4.90 Å². The van der Waals surface area contributed by atoms with E-state index < -0.39 is 0 Å². The molecule has 1 aromatic rings. The van der Waals surface area contributed by atoms with Crippen LogP contribution in [0.3, 0.4) is 0 Å². The SMILES string of the molecule is CC(Br)CCN(C)C(=O)c1ccc(Br)c(O)c1. The van der Waals surface area contributed by atoms with Gasteiger partial charge < -0.3 is 10.0 Å². The first kappa shape index (κ1) is 14.5. The van der Waals surface area contributed by atoms with E-state index in [1.165, 1.54) is 6.07 Å². The summed E-state index contributed by atoms with van der Waals surface area (Å²) in [5, 5.41) is 9.52. The number of aromatic hydroxyl groups is 1. The standard InChI is InChI=1S/C12H15Br2NO2/c1-8(13)5-6-15(2)12(17)9-3-4-10(14)11(16)7-9/h3-4,7-8,16H,5-6H2,1-2H3. The van der Waals surface area contributed by atoms with Crippen LogP contribution in [0.4, 0.5) is 0 Å². The summed E-state index contributed by atoms with van der Waals surface area (Å²) >= 11 is 6.63. The number of phenols is 1. The average Bonchev–Trinajstić information content (AvgIpc) is 2.28. The fourth-order valence-corrected chi connectivity index (χ4v) is 1.79. The third-order valence-electron chi connectivity index (χ3n) is 2.40. The molecule has 0 aliphatic carbocycles. The summed E-state index contributed by atoms with van der Waals surface area (Å²) in [6, 6.07) is 4.84. The van der Waals surface area contributed by atoms with Gasteiger partial charge >= 0.3 is 0 Å². The molecule has 0 saturated heterocycles. The molecule has 3 nitrogen and oxygen atoms in total. The van der Waals surface area contributed by atoms with E-state index in [2.05, 4.69) is 31.9 Å². The minimum absolute atomic E-state index is 0.0816. The van der Waals surface area contributed by atoms with Crippen LogP contribution in [0.1, 0.15) is 23.7 Å². The van der Waals surface area contributed by atoms with Gasteiger partial charge in [-0.3, -0.25) is 4.79 Å². The second-order valence-corrected chi connectivity index (χ2v) is 6.38.